The summed E-state index contributed by atoms with van der Waals surface area (Å²) in [7, 11) is -4.18. The molecule has 7 nitrogen and oxygen atoms in total. The number of carbonyl (C=O) groups excluding carboxylic acids is 2. The van der Waals surface area contributed by atoms with Crippen LogP contribution in [0.3, 0.4) is 0 Å². The molecule has 0 heterocycles. The molecule has 4 aromatic carbocycles. The van der Waals surface area contributed by atoms with E-state index in [2.05, 4.69) is 5.32 Å². The fourth-order valence-corrected chi connectivity index (χ4v) is 6.95. The predicted molar refractivity (Wildman–Crippen MR) is 185 cm³/mol. The zero-order valence-corrected chi connectivity index (χ0v) is 28.6. The summed E-state index contributed by atoms with van der Waals surface area (Å²) in [5, 5.41) is 3.55. The summed E-state index contributed by atoms with van der Waals surface area (Å²) in [6, 6.07) is 27.6. The minimum absolute atomic E-state index is 0.0517. The molecule has 0 bridgehead atoms. The molecule has 0 aliphatic carbocycles. The predicted octanol–water partition coefficient (Wildman–Crippen LogP) is 7.02. The van der Waals surface area contributed by atoms with Crippen LogP contribution in [0.2, 0.25) is 5.02 Å². The molecular weight excluding hydrogens is 618 g/mol. The lowest BCUT2D eigenvalue weighted by atomic mass is 10.0. The highest BCUT2D eigenvalue weighted by molar-refractivity contribution is 7.92. The van der Waals surface area contributed by atoms with Crippen LogP contribution >= 0.6 is 11.6 Å². The Bertz CT molecular complexity index is 1760. The Morgan fingerprint density at radius 2 is 1.48 bits per heavy atom. The lowest BCUT2D eigenvalue weighted by Gasteiger charge is -2.34. The number of hydrogen-bond donors (Lipinski definition) is 1. The van der Waals surface area contributed by atoms with Gasteiger partial charge in [-0.15, -0.1) is 0 Å². The maximum atomic E-state index is 14.6. The number of rotatable bonds is 13. The van der Waals surface area contributed by atoms with Gasteiger partial charge < -0.3 is 10.2 Å². The zero-order valence-electron chi connectivity index (χ0n) is 27.0. The van der Waals surface area contributed by atoms with Crippen molar-refractivity contribution in [2.45, 2.75) is 71.0 Å². The summed E-state index contributed by atoms with van der Waals surface area (Å²) < 4.78 is 29.7. The van der Waals surface area contributed by atoms with Crippen LogP contribution < -0.4 is 9.62 Å². The SMILES string of the molecule is CCC(C)NC(=O)C(Cc1ccccc1)N(Cc1cccc(Cl)c1)C(=O)CN(c1ccc(C)cc1C)S(=O)(=O)c1ccc(C)cc1. The highest BCUT2D eigenvalue weighted by atomic mass is 35.5. The van der Waals surface area contributed by atoms with Crippen molar-refractivity contribution in [1.29, 1.82) is 0 Å². The van der Waals surface area contributed by atoms with Gasteiger partial charge in [0, 0.05) is 24.0 Å². The van der Waals surface area contributed by atoms with Gasteiger partial charge in [0.2, 0.25) is 11.8 Å². The number of anilines is 1. The molecule has 0 saturated heterocycles. The topological polar surface area (TPSA) is 86.8 Å². The van der Waals surface area contributed by atoms with Crippen LogP contribution in [-0.4, -0.2) is 43.8 Å². The summed E-state index contributed by atoms with van der Waals surface area (Å²) in [5.41, 5.74) is 4.57. The maximum Gasteiger partial charge on any atom is 0.264 e. The van der Waals surface area contributed by atoms with Crippen LogP contribution in [-0.2, 0) is 32.6 Å². The van der Waals surface area contributed by atoms with Gasteiger partial charge in [-0.05, 0) is 81.1 Å². The average Bonchev–Trinajstić information content (AvgIpc) is 3.02. The maximum absolute atomic E-state index is 14.6. The van der Waals surface area contributed by atoms with Crippen molar-refractivity contribution in [1.82, 2.24) is 10.2 Å². The fraction of sp³-hybridized carbons (Fsp3) is 0.297. The third-order valence-electron chi connectivity index (χ3n) is 8.02. The number of sulfonamides is 1. The summed E-state index contributed by atoms with van der Waals surface area (Å²) in [6.45, 7) is 9.06. The van der Waals surface area contributed by atoms with Gasteiger partial charge in [-0.25, -0.2) is 8.42 Å². The average molecular weight is 660 g/mol. The first-order chi connectivity index (χ1) is 21.9. The number of nitrogens with one attached hydrogen (secondary N) is 1. The number of amides is 2. The van der Waals surface area contributed by atoms with Gasteiger partial charge in [-0.2, -0.15) is 0 Å². The van der Waals surface area contributed by atoms with E-state index in [0.29, 0.717) is 22.7 Å². The van der Waals surface area contributed by atoms with E-state index < -0.39 is 28.5 Å². The summed E-state index contributed by atoms with van der Waals surface area (Å²) in [6.07, 6.45) is 0.949. The lowest BCUT2D eigenvalue weighted by Crippen LogP contribution is -2.54. The number of benzene rings is 4. The molecule has 4 aromatic rings. The van der Waals surface area contributed by atoms with E-state index in [0.717, 1.165) is 26.6 Å². The largest absolute Gasteiger partial charge is 0.352 e. The smallest absolute Gasteiger partial charge is 0.264 e. The molecule has 0 fully saturated rings. The van der Waals surface area contributed by atoms with Crippen molar-refractivity contribution >= 4 is 39.1 Å². The molecular formula is C37H42ClN3O4S. The highest BCUT2D eigenvalue weighted by Crippen LogP contribution is 2.29. The van der Waals surface area contributed by atoms with E-state index in [4.69, 9.17) is 11.6 Å². The number of hydrogen-bond acceptors (Lipinski definition) is 4. The van der Waals surface area contributed by atoms with Gasteiger partial charge in [0.15, 0.2) is 0 Å². The van der Waals surface area contributed by atoms with Gasteiger partial charge >= 0.3 is 0 Å². The summed E-state index contributed by atoms with van der Waals surface area (Å²) in [4.78, 5) is 30.1. The molecule has 0 saturated carbocycles. The zero-order chi connectivity index (χ0) is 33.4. The molecule has 2 atom stereocenters. The van der Waals surface area contributed by atoms with Crippen molar-refractivity contribution in [3.05, 3.63) is 130 Å². The quantitative estimate of drug-likeness (QED) is 0.167. The van der Waals surface area contributed by atoms with Crippen molar-refractivity contribution in [3.63, 3.8) is 0 Å². The number of halogens is 1. The van der Waals surface area contributed by atoms with E-state index in [1.807, 2.05) is 83.1 Å². The Morgan fingerprint density at radius 1 is 0.826 bits per heavy atom. The van der Waals surface area contributed by atoms with Crippen LogP contribution in [0.4, 0.5) is 5.69 Å². The highest BCUT2D eigenvalue weighted by Gasteiger charge is 2.35. The normalized spacial score (nSPS) is 12.7. The first kappa shape index (κ1) is 34.7. The number of aryl methyl sites for hydroxylation is 3. The fourth-order valence-electron chi connectivity index (χ4n) is 5.26. The minimum Gasteiger partial charge on any atom is -0.352 e. The van der Waals surface area contributed by atoms with Crippen molar-refractivity contribution in [2.75, 3.05) is 10.8 Å². The molecule has 0 aliphatic rings. The van der Waals surface area contributed by atoms with Crippen LogP contribution in [0.25, 0.3) is 0 Å². The Hall–Kier alpha value is -4.14. The Labute approximate surface area is 278 Å². The van der Waals surface area contributed by atoms with Gasteiger partial charge in [-0.1, -0.05) is 96.4 Å². The second-order valence-corrected chi connectivity index (χ2v) is 14.1. The van der Waals surface area contributed by atoms with Crippen LogP contribution in [0.5, 0.6) is 0 Å². The van der Waals surface area contributed by atoms with Crippen molar-refractivity contribution < 1.29 is 18.0 Å². The molecule has 0 aliphatic heterocycles. The van der Waals surface area contributed by atoms with Crippen LogP contribution in [0.1, 0.15) is 48.1 Å². The molecule has 2 unspecified atom stereocenters. The summed E-state index contributed by atoms with van der Waals surface area (Å²) >= 11 is 6.33. The Kier molecular flexibility index (Phi) is 11.7. The van der Waals surface area contributed by atoms with E-state index >= 15 is 0 Å². The Morgan fingerprint density at radius 3 is 2.11 bits per heavy atom. The lowest BCUT2D eigenvalue weighted by molar-refractivity contribution is -0.140. The van der Waals surface area contributed by atoms with Gasteiger partial charge in [0.05, 0.1) is 10.6 Å². The molecule has 9 heteroatoms. The first-order valence-electron chi connectivity index (χ1n) is 15.4. The van der Waals surface area contributed by atoms with Crippen molar-refractivity contribution in [2.24, 2.45) is 0 Å². The molecule has 4 rings (SSSR count). The van der Waals surface area contributed by atoms with E-state index in [1.165, 1.54) is 4.90 Å². The Balaban J connectivity index is 1.83. The molecule has 0 spiro atoms. The van der Waals surface area contributed by atoms with E-state index in [1.54, 1.807) is 48.5 Å². The molecule has 1 N–H and O–H groups in total. The molecule has 0 aromatic heterocycles. The third kappa shape index (κ3) is 8.77. The third-order valence-corrected chi connectivity index (χ3v) is 10.0. The molecule has 46 heavy (non-hydrogen) atoms. The molecule has 2 amide bonds. The van der Waals surface area contributed by atoms with Gasteiger partial charge in [0.1, 0.15) is 12.6 Å². The first-order valence-corrected chi connectivity index (χ1v) is 17.3. The van der Waals surface area contributed by atoms with E-state index in [-0.39, 0.29) is 29.8 Å². The van der Waals surface area contributed by atoms with Crippen molar-refractivity contribution in [3.8, 4) is 0 Å². The monoisotopic (exact) mass is 659 g/mol. The summed E-state index contributed by atoms with van der Waals surface area (Å²) in [5.74, 6) is -0.830. The number of nitrogens with zero attached hydrogens (tertiary/aromatic N) is 2. The minimum atomic E-state index is -4.18. The van der Waals surface area contributed by atoms with Gasteiger partial charge in [-0.3, -0.25) is 13.9 Å². The van der Waals surface area contributed by atoms with E-state index in [9.17, 15) is 18.0 Å². The number of carbonyl (C=O) groups is 2. The van der Waals surface area contributed by atoms with Gasteiger partial charge in [0.25, 0.3) is 10.0 Å². The van der Waals surface area contributed by atoms with Crippen LogP contribution in [0, 0.1) is 20.8 Å². The molecule has 0 radical (unpaired) electrons. The van der Waals surface area contributed by atoms with Crippen LogP contribution in [0.15, 0.2) is 102 Å². The second kappa shape index (κ2) is 15.4. The molecule has 242 valence electrons. The second-order valence-electron chi connectivity index (χ2n) is 11.8. The standard InChI is InChI=1S/C37H42ClN3O4S/c1-6-29(5)39-37(43)35(23-30-11-8-7-9-12-30)40(24-31-13-10-14-32(38)22-31)36(42)25-41(34-20-17-27(3)21-28(34)4)46(44,45)33-18-15-26(2)16-19-33/h7-22,29,35H,6,23-25H2,1-5H3,(H,39,43).